The standard InChI is InChI=1S/C12H24N2O2Si2/c1-9-11(15-17(3,4)5)14-10(2)12(13-9)16-18(6,7)8/h1-8H3. The van der Waals surface area contributed by atoms with E-state index in [2.05, 4.69) is 49.3 Å². The Bertz CT molecular complexity index is 395. The predicted molar refractivity (Wildman–Crippen MR) is 79.5 cm³/mol. The molecule has 0 bridgehead atoms. The lowest BCUT2D eigenvalue weighted by Gasteiger charge is -2.23. The van der Waals surface area contributed by atoms with Crippen LogP contribution in [0.5, 0.6) is 11.8 Å². The van der Waals surface area contributed by atoms with E-state index < -0.39 is 16.6 Å². The summed E-state index contributed by atoms with van der Waals surface area (Å²) < 4.78 is 11.8. The van der Waals surface area contributed by atoms with Crippen molar-refractivity contribution in [3.63, 3.8) is 0 Å². The Kier molecular flexibility index (Phi) is 4.22. The van der Waals surface area contributed by atoms with Crippen LogP contribution in [0, 0.1) is 13.8 Å². The van der Waals surface area contributed by atoms with E-state index in [1.807, 2.05) is 13.8 Å². The summed E-state index contributed by atoms with van der Waals surface area (Å²) in [6.07, 6.45) is 0. The lowest BCUT2D eigenvalue weighted by molar-refractivity contribution is 0.490. The van der Waals surface area contributed by atoms with Crippen LogP contribution >= 0.6 is 0 Å². The van der Waals surface area contributed by atoms with Gasteiger partial charge in [-0.2, -0.15) is 0 Å². The molecule has 1 heterocycles. The molecule has 0 aliphatic heterocycles. The van der Waals surface area contributed by atoms with E-state index in [-0.39, 0.29) is 0 Å². The summed E-state index contributed by atoms with van der Waals surface area (Å²) in [5.74, 6) is 1.30. The third-order valence-corrected chi connectivity index (χ3v) is 3.57. The number of rotatable bonds is 4. The number of aromatic nitrogens is 2. The Morgan fingerprint density at radius 2 is 0.944 bits per heavy atom. The summed E-state index contributed by atoms with van der Waals surface area (Å²) in [7, 11) is -3.30. The zero-order valence-corrected chi connectivity index (χ0v) is 14.7. The Morgan fingerprint density at radius 3 is 1.17 bits per heavy atom. The molecular weight excluding hydrogens is 260 g/mol. The zero-order chi connectivity index (χ0) is 14.1. The first kappa shape index (κ1) is 15.2. The van der Waals surface area contributed by atoms with E-state index in [0.29, 0.717) is 11.8 Å². The van der Waals surface area contributed by atoms with Gasteiger partial charge < -0.3 is 8.85 Å². The van der Waals surface area contributed by atoms with Crippen molar-refractivity contribution < 1.29 is 8.85 Å². The Balaban J connectivity index is 3.05. The van der Waals surface area contributed by atoms with Gasteiger partial charge in [-0.3, -0.25) is 0 Å². The SMILES string of the molecule is Cc1nc(O[Si](C)(C)C)c(C)nc1O[Si](C)(C)C. The van der Waals surface area contributed by atoms with Gasteiger partial charge in [-0.15, -0.1) is 0 Å². The van der Waals surface area contributed by atoms with E-state index in [1.165, 1.54) is 0 Å². The summed E-state index contributed by atoms with van der Waals surface area (Å²) in [6, 6.07) is 0. The number of hydrogen-bond donors (Lipinski definition) is 0. The van der Waals surface area contributed by atoms with Crippen molar-refractivity contribution >= 4 is 16.6 Å². The maximum Gasteiger partial charge on any atom is 0.244 e. The fourth-order valence-corrected chi connectivity index (χ4v) is 2.88. The van der Waals surface area contributed by atoms with Gasteiger partial charge in [0, 0.05) is 0 Å². The Labute approximate surface area is 112 Å². The third-order valence-electron chi connectivity index (χ3n) is 1.96. The molecule has 0 atom stereocenters. The minimum Gasteiger partial charge on any atom is -0.530 e. The number of aryl methyl sites for hydroxylation is 2. The maximum absolute atomic E-state index is 5.92. The van der Waals surface area contributed by atoms with Crippen LogP contribution in [0.25, 0.3) is 0 Å². The highest BCUT2D eigenvalue weighted by atomic mass is 28.4. The van der Waals surface area contributed by atoms with E-state index >= 15 is 0 Å². The van der Waals surface area contributed by atoms with Crippen molar-refractivity contribution in [2.75, 3.05) is 0 Å². The van der Waals surface area contributed by atoms with Gasteiger partial charge in [0.25, 0.3) is 0 Å². The maximum atomic E-state index is 5.92. The van der Waals surface area contributed by atoms with Crippen LogP contribution in [0.15, 0.2) is 0 Å². The Morgan fingerprint density at radius 1 is 0.667 bits per heavy atom. The monoisotopic (exact) mass is 284 g/mol. The van der Waals surface area contributed by atoms with Gasteiger partial charge in [0.2, 0.25) is 28.4 Å². The largest absolute Gasteiger partial charge is 0.530 e. The summed E-state index contributed by atoms with van der Waals surface area (Å²) in [5, 5.41) is 0. The van der Waals surface area contributed by atoms with Crippen LogP contribution in [-0.2, 0) is 0 Å². The van der Waals surface area contributed by atoms with Crippen LogP contribution in [0.1, 0.15) is 11.4 Å². The lowest BCUT2D eigenvalue weighted by atomic mass is 10.4. The molecule has 0 fully saturated rings. The van der Waals surface area contributed by atoms with Crippen molar-refractivity contribution in [2.24, 2.45) is 0 Å². The molecule has 0 aromatic carbocycles. The van der Waals surface area contributed by atoms with Crippen LogP contribution in [0.3, 0.4) is 0 Å². The molecule has 1 rings (SSSR count). The van der Waals surface area contributed by atoms with Crippen molar-refractivity contribution in [3.8, 4) is 11.8 Å². The van der Waals surface area contributed by atoms with E-state index in [1.54, 1.807) is 0 Å². The second-order valence-electron chi connectivity index (χ2n) is 6.43. The molecule has 0 N–H and O–H groups in total. The molecule has 6 heteroatoms. The molecule has 1 aromatic heterocycles. The van der Waals surface area contributed by atoms with Crippen molar-refractivity contribution in [3.05, 3.63) is 11.4 Å². The predicted octanol–water partition coefficient (Wildman–Crippen LogP) is 3.52. The molecule has 0 radical (unpaired) electrons. The van der Waals surface area contributed by atoms with E-state index in [4.69, 9.17) is 8.85 Å². The van der Waals surface area contributed by atoms with Crippen molar-refractivity contribution in [2.45, 2.75) is 53.1 Å². The molecule has 0 spiro atoms. The van der Waals surface area contributed by atoms with Gasteiger partial charge in [-0.05, 0) is 53.1 Å². The fourth-order valence-electron chi connectivity index (χ4n) is 1.34. The van der Waals surface area contributed by atoms with Crippen LogP contribution in [0.2, 0.25) is 39.3 Å². The highest BCUT2D eigenvalue weighted by Crippen LogP contribution is 2.24. The van der Waals surface area contributed by atoms with E-state index in [9.17, 15) is 0 Å². The summed E-state index contributed by atoms with van der Waals surface area (Å²) in [5.41, 5.74) is 1.60. The molecular formula is C12H24N2O2Si2. The minimum absolute atomic E-state index is 0.648. The normalized spacial score (nSPS) is 12.4. The van der Waals surface area contributed by atoms with Crippen LogP contribution in [-0.4, -0.2) is 26.6 Å². The first-order chi connectivity index (χ1) is 7.98. The van der Waals surface area contributed by atoms with Crippen molar-refractivity contribution in [1.29, 1.82) is 0 Å². The average molecular weight is 285 g/mol. The number of nitrogens with zero attached hydrogens (tertiary/aromatic N) is 2. The molecule has 18 heavy (non-hydrogen) atoms. The lowest BCUT2D eigenvalue weighted by Crippen LogP contribution is -2.32. The van der Waals surface area contributed by atoms with Gasteiger partial charge >= 0.3 is 0 Å². The second-order valence-corrected chi connectivity index (χ2v) is 15.3. The van der Waals surface area contributed by atoms with Gasteiger partial charge in [-0.1, -0.05) is 0 Å². The number of hydrogen-bond acceptors (Lipinski definition) is 4. The zero-order valence-electron chi connectivity index (χ0n) is 12.7. The molecule has 0 aliphatic carbocycles. The molecule has 0 unspecified atom stereocenters. The molecule has 1 aromatic rings. The quantitative estimate of drug-likeness (QED) is 0.794. The van der Waals surface area contributed by atoms with Crippen LogP contribution in [0.4, 0.5) is 0 Å². The smallest absolute Gasteiger partial charge is 0.244 e. The third kappa shape index (κ3) is 4.77. The highest BCUT2D eigenvalue weighted by Gasteiger charge is 2.23. The van der Waals surface area contributed by atoms with Gasteiger partial charge in [0.05, 0.1) is 0 Å². The molecule has 4 nitrogen and oxygen atoms in total. The van der Waals surface area contributed by atoms with Crippen molar-refractivity contribution in [1.82, 2.24) is 9.97 Å². The molecule has 0 aliphatic rings. The Hall–Kier alpha value is -0.886. The summed E-state index contributed by atoms with van der Waals surface area (Å²) in [6.45, 7) is 16.6. The molecule has 0 amide bonds. The minimum atomic E-state index is -1.65. The van der Waals surface area contributed by atoms with E-state index in [0.717, 1.165) is 11.4 Å². The highest BCUT2D eigenvalue weighted by molar-refractivity contribution is 6.70. The summed E-state index contributed by atoms with van der Waals surface area (Å²) in [4.78, 5) is 8.98. The first-order valence-corrected chi connectivity index (χ1v) is 13.0. The topological polar surface area (TPSA) is 44.2 Å². The van der Waals surface area contributed by atoms with Crippen LogP contribution < -0.4 is 8.85 Å². The fraction of sp³-hybridized carbons (Fsp3) is 0.667. The summed E-state index contributed by atoms with van der Waals surface area (Å²) >= 11 is 0. The molecule has 0 saturated heterocycles. The van der Waals surface area contributed by atoms with Gasteiger partial charge in [-0.25, -0.2) is 9.97 Å². The van der Waals surface area contributed by atoms with Gasteiger partial charge in [0.1, 0.15) is 11.4 Å². The molecule has 102 valence electrons. The average Bonchev–Trinajstić information content (AvgIpc) is 2.08. The molecule has 0 saturated carbocycles. The second kappa shape index (κ2) is 5.01. The van der Waals surface area contributed by atoms with Gasteiger partial charge in [0.15, 0.2) is 0 Å². The first-order valence-electron chi connectivity index (χ1n) is 6.21.